The molecule has 0 spiro atoms. The Hall–Kier alpha value is 0.134. The molecule has 0 aromatic heterocycles. The van der Waals surface area contributed by atoms with E-state index in [9.17, 15) is 4.79 Å². The van der Waals surface area contributed by atoms with Crippen molar-refractivity contribution in [2.75, 3.05) is 0 Å². The van der Waals surface area contributed by atoms with Gasteiger partial charge in [0.2, 0.25) is 0 Å². The number of carbonyl (C=O) groups is 1. The van der Waals surface area contributed by atoms with E-state index in [1.54, 1.807) is 6.92 Å². The van der Waals surface area contributed by atoms with E-state index in [4.69, 9.17) is 20.9 Å². The van der Waals surface area contributed by atoms with Crippen LogP contribution in [-0.4, -0.2) is 48.3 Å². The lowest BCUT2D eigenvalue weighted by atomic mass is 10.2. The summed E-state index contributed by atoms with van der Waals surface area (Å²) in [6.07, 6.45) is 0. The molecule has 0 aliphatic rings. The highest BCUT2D eigenvalue weighted by atomic mass is 28.5. The van der Waals surface area contributed by atoms with Crippen molar-refractivity contribution < 1.29 is 25.7 Å². The molecule has 0 saturated carbocycles. The molecular formula is C48H104O6Si5. The van der Waals surface area contributed by atoms with Crippen molar-refractivity contribution in [1.29, 1.82) is 0 Å². The van der Waals surface area contributed by atoms with E-state index in [1.165, 1.54) is 18.1 Å². The second-order valence-corrected chi connectivity index (χ2v) is 41.5. The van der Waals surface area contributed by atoms with Crippen molar-refractivity contribution in [1.82, 2.24) is 0 Å². The maximum Gasteiger partial charge on any atom is 0.390 e. The molecule has 0 amide bonds. The zero-order chi connectivity index (χ0) is 46.3. The molecule has 0 aliphatic heterocycles. The van der Waals surface area contributed by atoms with Crippen LogP contribution >= 0.6 is 0 Å². The van der Waals surface area contributed by atoms with Gasteiger partial charge >= 0.3 is 34.2 Å². The van der Waals surface area contributed by atoms with Crippen LogP contribution < -0.4 is 0 Å². The Balaban J connectivity index is 8.74. The fourth-order valence-corrected chi connectivity index (χ4v) is 45.5. The molecule has 0 rings (SSSR count). The summed E-state index contributed by atoms with van der Waals surface area (Å²) >= 11 is 0. The molecular weight excluding hydrogens is 813 g/mol. The van der Waals surface area contributed by atoms with Crippen molar-refractivity contribution in [2.24, 2.45) is 65.1 Å². The van der Waals surface area contributed by atoms with Gasteiger partial charge in [0.05, 0.1) is 0 Å². The van der Waals surface area contributed by atoms with Gasteiger partial charge in [-0.2, -0.15) is 0 Å². The zero-order valence-electron chi connectivity index (χ0n) is 43.8. The van der Waals surface area contributed by atoms with Gasteiger partial charge in [-0.1, -0.05) is 159 Å². The molecule has 0 saturated heterocycles. The van der Waals surface area contributed by atoms with Crippen molar-refractivity contribution in [3.63, 3.8) is 0 Å². The number of carbonyl (C=O) groups excluding carboxylic acids is 1. The third kappa shape index (κ3) is 23.6. The minimum atomic E-state index is -3.18. The maximum absolute atomic E-state index is 12.9. The Morgan fingerprint density at radius 3 is 0.729 bits per heavy atom. The summed E-state index contributed by atoms with van der Waals surface area (Å²) in [6.45, 7) is 57.6. The van der Waals surface area contributed by atoms with Gasteiger partial charge in [-0.05, 0) is 119 Å². The van der Waals surface area contributed by atoms with Crippen LogP contribution in [0, 0.1) is 65.1 Å². The summed E-state index contributed by atoms with van der Waals surface area (Å²) in [5.74, 6) is 4.73. The minimum absolute atomic E-state index is 0.127. The summed E-state index contributed by atoms with van der Waals surface area (Å²) in [6, 6.07) is 10.6. The second kappa shape index (κ2) is 26.2. The van der Waals surface area contributed by atoms with Crippen molar-refractivity contribution in [3.05, 3.63) is 12.3 Å². The summed E-state index contributed by atoms with van der Waals surface area (Å²) in [7, 11) is -14.8. The molecule has 0 radical (unpaired) electrons. The zero-order valence-corrected chi connectivity index (χ0v) is 48.8. The smallest absolute Gasteiger partial charge is 0.390 e. The first kappa shape index (κ1) is 59.1. The van der Waals surface area contributed by atoms with Crippen LogP contribution in [0.15, 0.2) is 12.3 Å². The first-order chi connectivity index (χ1) is 26.7. The minimum Gasteiger partial charge on any atom is -0.518 e. The lowest BCUT2D eigenvalue weighted by molar-refractivity contribution is -0.115. The van der Waals surface area contributed by atoms with Gasteiger partial charge in [0.25, 0.3) is 0 Å². The molecule has 0 atom stereocenters. The van der Waals surface area contributed by atoms with Gasteiger partial charge in [-0.15, -0.1) is 0 Å². The summed E-state index contributed by atoms with van der Waals surface area (Å²) < 4.78 is 40.4. The Kier molecular flexibility index (Phi) is 26.2. The number of allylic oxidation sites excluding steroid dienone is 1. The average molecular weight is 918 g/mol. The van der Waals surface area contributed by atoms with Crippen LogP contribution in [0.4, 0.5) is 0 Å². The fourth-order valence-electron chi connectivity index (χ4n) is 10.4. The standard InChI is InChI=1S/C48H104O6Si5/c1-36(2)25-55(26-37(3)4,27-38(5)6)51-57(30-41(11)12,31-42(13)14)53-59(34-45(19)20,35-46(21)22)54-58(32-43(15)16,33-44(17)18)52-56(28-39(7)8,29-40(9)10)50-48(24)47(23)49/h36-46H,24-35H2,1-23H3. The Morgan fingerprint density at radius 1 is 0.339 bits per heavy atom. The Labute approximate surface area is 375 Å². The monoisotopic (exact) mass is 917 g/mol. The molecule has 0 heterocycles. The molecule has 352 valence electrons. The molecule has 59 heavy (non-hydrogen) atoms. The van der Waals surface area contributed by atoms with Crippen LogP contribution in [0.3, 0.4) is 0 Å². The average Bonchev–Trinajstić information content (AvgIpc) is 2.91. The molecule has 0 aromatic carbocycles. The van der Waals surface area contributed by atoms with E-state index in [2.05, 4.69) is 159 Å². The molecule has 0 N–H and O–H groups in total. The summed E-state index contributed by atoms with van der Waals surface area (Å²) in [4.78, 5) is 12.9. The highest BCUT2D eigenvalue weighted by molar-refractivity contribution is 6.92. The van der Waals surface area contributed by atoms with Crippen molar-refractivity contribution >= 4 is 48.3 Å². The normalized spacial score (nSPS) is 14.1. The van der Waals surface area contributed by atoms with Crippen LogP contribution in [0.5, 0.6) is 0 Å². The van der Waals surface area contributed by atoms with Crippen LogP contribution in [-0.2, 0) is 25.7 Å². The topological polar surface area (TPSA) is 63.2 Å². The number of rotatable bonds is 33. The van der Waals surface area contributed by atoms with Gasteiger partial charge in [0.15, 0.2) is 14.1 Å². The SMILES string of the molecule is C=C(O[Si](CC(C)C)(CC(C)C)O[Si](CC(C)C)(CC(C)C)O[Si](CC(C)C)(CC(C)C)O[Si](CC(C)C)(CC(C)C)O[Si](CC(C)C)(CC(C)C)CC(C)C)C(C)=O. The predicted molar refractivity (Wildman–Crippen MR) is 270 cm³/mol. The molecule has 0 fully saturated rings. The van der Waals surface area contributed by atoms with Crippen LogP contribution in [0.25, 0.3) is 0 Å². The predicted octanol–water partition coefficient (Wildman–Crippen LogP) is 16.1. The number of hydrogen-bond acceptors (Lipinski definition) is 6. The number of ketones is 1. The van der Waals surface area contributed by atoms with Crippen LogP contribution in [0.2, 0.25) is 66.5 Å². The van der Waals surface area contributed by atoms with Gasteiger partial charge in [-0.3, -0.25) is 4.79 Å². The molecule has 0 unspecified atom stereocenters. The van der Waals surface area contributed by atoms with E-state index in [1.807, 2.05) is 0 Å². The van der Waals surface area contributed by atoms with E-state index in [0.717, 1.165) is 48.4 Å². The van der Waals surface area contributed by atoms with Gasteiger partial charge in [0, 0.05) is 19.0 Å². The van der Waals surface area contributed by atoms with Crippen molar-refractivity contribution in [2.45, 2.75) is 226 Å². The fraction of sp³-hybridized carbons (Fsp3) is 0.938. The molecule has 0 bridgehead atoms. The second-order valence-electron chi connectivity index (χ2n) is 23.9. The third-order valence-corrected chi connectivity index (χ3v) is 39.3. The highest BCUT2D eigenvalue weighted by Crippen LogP contribution is 2.47. The highest BCUT2D eigenvalue weighted by Gasteiger charge is 2.60. The van der Waals surface area contributed by atoms with E-state index < -0.39 is 42.6 Å². The van der Waals surface area contributed by atoms with E-state index in [0.29, 0.717) is 65.1 Å². The van der Waals surface area contributed by atoms with Gasteiger partial charge in [-0.25, -0.2) is 0 Å². The van der Waals surface area contributed by atoms with Gasteiger partial charge in [0.1, 0.15) is 5.76 Å². The number of Topliss-reactive ketones (excluding diaryl/α,β-unsaturated/α-hetero) is 1. The summed E-state index contributed by atoms with van der Waals surface area (Å²) in [5, 5.41) is 0. The molecule has 0 aliphatic carbocycles. The lowest BCUT2D eigenvalue weighted by Crippen LogP contribution is -2.67. The lowest BCUT2D eigenvalue weighted by Gasteiger charge is -2.52. The van der Waals surface area contributed by atoms with Crippen LogP contribution in [0.1, 0.15) is 159 Å². The van der Waals surface area contributed by atoms with Crippen molar-refractivity contribution in [3.8, 4) is 0 Å². The van der Waals surface area contributed by atoms with E-state index >= 15 is 0 Å². The first-order valence-corrected chi connectivity index (χ1v) is 35.9. The van der Waals surface area contributed by atoms with E-state index in [-0.39, 0.29) is 11.5 Å². The molecule has 11 heteroatoms. The molecule has 0 aromatic rings. The largest absolute Gasteiger partial charge is 0.518 e. The van der Waals surface area contributed by atoms with Gasteiger partial charge < -0.3 is 20.9 Å². The number of hydrogen-bond donors (Lipinski definition) is 0. The molecule has 6 nitrogen and oxygen atoms in total. The quantitative estimate of drug-likeness (QED) is 0.0371. The summed E-state index contributed by atoms with van der Waals surface area (Å²) in [5.41, 5.74) is 0. The maximum atomic E-state index is 12.9. The Bertz CT molecular complexity index is 1130. The Morgan fingerprint density at radius 2 is 0.525 bits per heavy atom. The third-order valence-electron chi connectivity index (χ3n) is 10.3. The first-order valence-electron chi connectivity index (χ1n) is 24.4.